The number of nitrogens with one attached hydrogen (secondary N) is 2. The number of aromatic nitrogens is 4. The summed E-state index contributed by atoms with van der Waals surface area (Å²) in [6, 6.07) is 36.7. The second-order valence-electron chi connectivity index (χ2n) is 17.2. The van der Waals surface area contributed by atoms with Gasteiger partial charge in [0.1, 0.15) is 0 Å². The maximum absolute atomic E-state index is 5.65. The zero-order valence-electron chi connectivity index (χ0n) is 30.6. The summed E-state index contributed by atoms with van der Waals surface area (Å²) in [7, 11) is 0. The molecule has 5 heterocycles. The van der Waals surface area contributed by atoms with E-state index in [9.17, 15) is 0 Å². The first-order valence-corrected chi connectivity index (χ1v) is 20.5. The molecule has 4 heteroatoms. The van der Waals surface area contributed by atoms with E-state index < -0.39 is 0 Å². The number of aromatic amines is 2. The van der Waals surface area contributed by atoms with E-state index >= 15 is 0 Å². The molecular weight excluding hydrogens is 681 g/mol. The topological polar surface area (TPSA) is 57.4 Å². The number of nitrogens with zero attached hydrogens (tertiary/aromatic N) is 2. The minimum Gasteiger partial charge on any atom is -0.354 e. The van der Waals surface area contributed by atoms with E-state index in [2.05, 4.69) is 131 Å². The van der Waals surface area contributed by atoms with Gasteiger partial charge >= 0.3 is 0 Å². The standard InChI is InChI=1S/C52H34N4/c1-5-25-6-2-10-32-43(25)31(9-1)49-39-21-35-45-27-13-15-29(16-14-27)47(45)37(53-35)23-41-51-33-11-3-7-26-8-4-12-34(44(26)33)52(51)42(56-41)24-38-48-30-19-17-28(18-20-30)46(48)36(54-38)22-40(55-39)50(32)49/h1-13,15,17,19,21-24,27-30,55-56H,14,16,18,20H2. The molecule has 17 rings (SSSR count). The number of benzene rings is 4. The van der Waals surface area contributed by atoms with Crippen LogP contribution < -0.4 is 0 Å². The van der Waals surface area contributed by atoms with Crippen molar-refractivity contribution in [2.45, 2.75) is 25.7 Å². The minimum absolute atomic E-state index is 0.380. The number of H-pyrrole nitrogens is 2. The fraction of sp³-hybridized carbons (Fsp3) is 0.154. The molecule has 8 aliphatic carbocycles. The number of hydrogen-bond donors (Lipinski definition) is 2. The zero-order valence-corrected chi connectivity index (χ0v) is 30.6. The molecule has 0 spiro atoms. The lowest BCUT2D eigenvalue weighted by molar-refractivity contribution is 0.558. The van der Waals surface area contributed by atoms with Gasteiger partial charge in [-0.25, -0.2) is 9.97 Å². The molecule has 2 N–H and O–H groups in total. The van der Waals surface area contributed by atoms with Gasteiger partial charge in [0.05, 0.1) is 22.8 Å². The minimum atomic E-state index is 0.380. The van der Waals surface area contributed by atoms with Gasteiger partial charge < -0.3 is 9.97 Å². The second-order valence-corrected chi connectivity index (χ2v) is 17.2. The smallest absolute Gasteiger partial charge is 0.0699 e. The van der Waals surface area contributed by atoms with Gasteiger partial charge in [-0.2, -0.15) is 0 Å². The van der Waals surface area contributed by atoms with Crippen LogP contribution in [0.3, 0.4) is 0 Å². The Hall–Kier alpha value is -6.52. The summed E-state index contributed by atoms with van der Waals surface area (Å²) in [6.45, 7) is 0. The number of hydrogen-bond acceptors (Lipinski definition) is 2. The highest BCUT2D eigenvalue weighted by atomic mass is 14.8. The van der Waals surface area contributed by atoms with E-state index in [1.165, 1.54) is 114 Å². The van der Waals surface area contributed by atoms with Crippen LogP contribution in [0, 0.1) is 23.7 Å². The summed E-state index contributed by atoms with van der Waals surface area (Å²) in [6.07, 6.45) is 14.5. The summed E-state index contributed by atoms with van der Waals surface area (Å²) < 4.78 is 0. The van der Waals surface area contributed by atoms with Gasteiger partial charge in [0.25, 0.3) is 0 Å². The molecule has 56 heavy (non-hydrogen) atoms. The first kappa shape index (κ1) is 28.9. The SMILES string of the molecule is C1=CC2CCC1C1=C2c2cc3[nH]c(cc4nc(cc5[nH]c(cc1n2)c1c5-c2cccc5cccc-1c25)C1=C4C2C=CC1CC2)c1c3-c2cccc3cccc-1c23. The molecule has 0 saturated carbocycles. The van der Waals surface area contributed by atoms with Crippen LogP contribution in [0.25, 0.3) is 110 Å². The van der Waals surface area contributed by atoms with E-state index in [1.54, 1.807) is 0 Å². The molecule has 262 valence electrons. The van der Waals surface area contributed by atoms with Crippen molar-refractivity contribution >= 4 is 65.9 Å². The largest absolute Gasteiger partial charge is 0.354 e. The Morgan fingerprint density at radius 2 is 0.661 bits per heavy atom. The number of rotatable bonds is 0. The fourth-order valence-electron chi connectivity index (χ4n) is 12.3. The third-order valence-electron chi connectivity index (χ3n) is 14.5. The lowest BCUT2D eigenvalue weighted by Crippen LogP contribution is -2.18. The second kappa shape index (κ2) is 9.82. The molecule has 0 fully saturated rings. The first-order chi connectivity index (χ1) is 27.7. The van der Waals surface area contributed by atoms with Crippen LogP contribution in [0.1, 0.15) is 48.5 Å². The van der Waals surface area contributed by atoms with Gasteiger partial charge in [-0.15, -0.1) is 0 Å². The Bertz CT molecular complexity index is 2970. The van der Waals surface area contributed by atoms with Crippen molar-refractivity contribution in [3.8, 4) is 44.5 Å². The van der Waals surface area contributed by atoms with Crippen molar-refractivity contribution in [3.63, 3.8) is 0 Å². The first-order valence-electron chi connectivity index (χ1n) is 20.5. The molecule has 0 amide bonds. The Morgan fingerprint density at radius 1 is 0.375 bits per heavy atom. The summed E-state index contributed by atoms with van der Waals surface area (Å²) >= 11 is 0. The van der Waals surface area contributed by atoms with E-state index in [4.69, 9.17) is 9.97 Å². The lowest BCUT2D eigenvalue weighted by Gasteiger charge is -2.32. The van der Waals surface area contributed by atoms with E-state index in [0.717, 1.165) is 44.8 Å². The predicted molar refractivity (Wildman–Crippen MR) is 229 cm³/mol. The average Bonchev–Trinajstić information content (AvgIpc) is 4.09. The third kappa shape index (κ3) is 3.41. The molecule has 7 aromatic rings. The van der Waals surface area contributed by atoms with Gasteiger partial charge in [-0.05, 0) is 116 Å². The Balaban J connectivity index is 1.14. The van der Waals surface area contributed by atoms with Gasteiger partial charge in [0.15, 0.2) is 0 Å². The van der Waals surface area contributed by atoms with Crippen LogP contribution in [0.2, 0.25) is 0 Å². The summed E-state index contributed by atoms with van der Waals surface area (Å²) in [5.74, 6) is 1.52. The highest BCUT2D eigenvalue weighted by Gasteiger charge is 2.40. The Morgan fingerprint density at radius 3 is 0.929 bits per heavy atom. The van der Waals surface area contributed by atoms with Crippen molar-refractivity contribution in [3.05, 3.63) is 144 Å². The molecular formula is C52H34N4. The van der Waals surface area contributed by atoms with E-state index in [-0.39, 0.29) is 0 Å². The molecule has 12 bridgehead atoms. The van der Waals surface area contributed by atoms with Gasteiger partial charge in [-0.1, -0.05) is 97.1 Å². The van der Waals surface area contributed by atoms with Crippen LogP contribution in [-0.4, -0.2) is 19.9 Å². The van der Waals surface area contributed by atoms with Crippen LogP contribution in [0.15, 0.2) is 121 Å². The molecule has 3 aromatic heterocycles. The van der Waals surface area contributed by atoms with Crippen molar-refractivity contribution in [1.82, 2.24) is 19.9 Å². The highest BCUT2D eigenvalue weighted by Crippen LogP contribution is 2.57. The average molecular weight is 715 g/mol. The van der Waals surface area contributed by atoms with Crippen molar-refractivity contribution < 1.29 is 0 Å². The van der Waals surface area contributed by atoms with Gasteiger partial charge in [-0.3, -0.25) is 0 Å². The van der Waals surface area contributed by atoms with Crippen LogP contribution in [0.4, 0.5) is 0 Å². The normalized spacial score (nSPS) is 22.4. The molecule has 4 aromatic carbocycles. The Kier molecular flexibility index (Phi) is 5.06. The maximum atomic E-state index is 5.65. The molecule has 0 radical (unpaired) electrons. The molecule has 4 atom stereocenters. The van der Waals surface area contributed by atoms with Crippen molar-refractivity contribution in [2.75, 3.05) is 0 Å². The van der Waals surface area contributed by atoms with Crippen LogP contribution in [0.5, 0.6) is 0 Å². The van der Waals surface area contributed by atoms with Crippen molar-refractivity contribution in [2.24, 2.45) is 23.7 Å². The van der Waals surface area contributed by atoms with E-state index in [1.807, 2.05) is 0 Å². The lowest BCUT2D eigenvalue weighted by atomic mass is 9.70. The predicted octanol–water partition coefficient (Wildman–Crippen LogP) is 12.9. The molecule has 4 unspecified atom stereocenters. The fourth-order valence-corrected chi connectivity index (χ4v) is 12.3. The van der Waals surface area contributed by atoms with Gasteiger partial charge in [0, 0.05) is 68.0 Å². The van der Waals surface area contributed by atoms with Crippen molar-refractivity contribution in [1.29, 1.82) is 0 Å². The number of fused-ring (bicyclic) bond motifs is 20. The maximum Gasteiger partial charge on any atom is 0.0699 e. The molecule has 4 nitrogen and oxygen atoms in total. The highest BCUT2D eigenvalue weighted by molar-refractivity contribution is 6.24. The summed E-state index contributed by atoms with van der Waals surface area (Å²) in [5.41, 5.74) is 25.0. The number of allylic oxidation sites excluding steroid dienone is 8. The van der Waals surface area contributed by atoms with Gasteiger partial charge in [0.2, 0.25) is 0 Å². The molecule has 0 saturated heterocycles. The summed E-state index contributed by atoms with van der Waals surface area (Å²) in [5, 5.41) is 5.27. The zero-order chi connectivity index (χ0) is 36.0. The Labute approximate surface area is 322 Å². The van der Waals surface area contributed by atoms with E-state index in [0.29, 0.717) is 23.7 Å². The monoisotopic (exact) mass is 714 g/mol. The molecule has 10 aliphatic rings. The quantitative estimate of drug-likeness (QED) is 0.154. The van der Waals surface area contributed by atoms with Crippen LogP contribution in [-0.2, 0) is 0 Å². The molecule has 2 aliphatic heterocycles. The van der Waals surface area contributed by atoms with Crippen LogP contribution >= 0.6 is 0 Å². The third-order valence-corrected chi connectivity index (χ3v) is 14.5. The summed E-state index contributed by atoms with van der Waals surface area (Å²) in [4.78, 5) is 19.3.